The highest BCUT2D eigenvalue weighted by molar-refractivity contribution is 7.92. The summed E-state index contributed by atoms with van der Waals surface area (Å²) < 4.78 is 28.5. The lowest BCUT2D eigenvalue weighted by atomic mass is 10.1. The summed E-state index contributed by atoms with van der Waals surface area (Å²) >= 11 is 0. The second-order valence-corrected chi connectivity index (χ2v) is 9.38. The summed E-state index contributed by atoms with van der Waals surface area (Å²) in [6, 6.07) is 10.1. The highest BCUT2D eigenvalue weighted by Crippen LogP contribution is 2.32. The fraction of sp³-hybridized carbons (Fsp3) is 0.364. The molecule has 30 heavy (non-hydrogen) atoms. The number of carbonyl (C=O) groups excluding carboxylic acids is 2. The van der Waals surface area contributed by atoms with Crippen molar-refractivity contribution < 1.29 is 18.0 Å². The van der Waals surface area contributed by atoms with Crippen molar-refractivity contribution in [2.45, 2.75) is 44.4 Å². The zero-order chi connectivity index (χ0) is 21.5. The number of nitrogens with zero attached hydrogens (tertiary/aromatic N) is 2. The first-order valence-corrected chi connectivity index (χ1v) is 11.7. The van der Waals surface area contributed by atoms with Crippen LogP contribution in [0.5, 0.6) is 0 Å². The Kier molecular flexibility index (Phi) is 5.27. The molecule has 0 aromatic heterocycles. The van der Waals surface area contributed by atoms with E-state index in [-0.39, 0.29) is 16.7 Å². The molecule has 0 radical (unpaired) electrons. The molecule has 7 nitrogen and oxygen atoms in total. The van der Waals surface area contributed by atoms with E-state index in [1.807, 2.05) is 13.8 Å². The number of fused-ring (bicyclic) bond motifs is 1. The van der Waals surface area contributed by atoms with Crippen LogP contribution < -0.4 is 14.5 Å². The number of sulfonamides is 1. The first-order valence-electron chi connectivity index (χ1n) is 10.2. The summed E-state index contributed by atoms with van der Waals surface area (Å²) in [5.74, 6) is 0.134. The van der Waals surface area contributed by atoms with E-state index in [4.69, 9.17) is 0 Å². The third-order valence-electron chi connectivity index (χ3n) is 5.67. The zero-order valence-corrected chi connectivity index (χ0v) is 18.0. The van der Waals surface area contributed by atoms with Crippen LogP contribution in [0, 0.1) is 6.92 Å². The summed E-state index contributed by atoms with van der Waals surface area (Å²) in [5.41, 5.74) is 3.76. The van der Waals surface area contributed by atoms with Crippen molar-refractivity contribution in [2.75, 3.05) is 27.6 Å². The summed E-state index contributed by atoms with van der Waals surface area (Å²) in [4.78, 5) is 27.7. The number of hydrogen-bond acceptors (Lipinski definition) is 4. The van der Waals surface area contributed by atoms with E-state index >= 15 is 0 Å². The Bertz CT molecular complexity index is 1130. The molecular weight excluding hydrogens is 402 g/mol. The van der Waals surface area contributed by atoms with Crippen molar-refractivity contribution in [3.63, 3.8) is 0 Å². The van der Waals surface area contributed by atoms with Gasteiger partial charge in [0.1, 0.15) is 0 Å². The number of anilines is 3. The van der Waals surface area contributed by atoms with Crippen molar-refractivity contribution in [2.24, 2.45) is 0 Å². The summed E-state index contributed by atoms with van der Waals surface area (Å²) in [7, 11) is -3.77. The van der Waals surface area contributed by atoms with Gasteiger partial charge in [-0.3, -0.25) is 14.3 Å². The Labute approximate surface area is 176 Å². The minimum absolute atomic E-state index is 0.0366. The van der Waals surface area contributed by atoms with Crippen LogP contribution in [0.15, 0.2) is 41.3 Å². The van der Waals surface area contributed by atoms with Crippen LogP contribution in [0.3, 0.4) is 0 Å². The number of hydrogen-bond donors (Lipinski definition) is 1. The Hall–Kier alpha value is -2.87. The summed E-state index contributed by atoms with van der Waals surface area (Å²) in [6.45, 7) is 4.95. The molecule has 0 unspecified atom stereocenters. The number of nitrogens with one attached hydrogen (secondary N) is 1. The van der Waals surface area contributed by atoms with Gasteiger partial charge in [0.25, 0.3) is 10.0 Å². The van der Waals surface area contributed by atoms with E-state index in [0.29, 0.717) is 38.0 Å². The zero-order valence-electron chi connectivity index (χ0n) is 17.1. The van der Waals surface area contributed by atoms with E-state index < -0.39 is 10.0 Å². The highest BCUT2D eigenvalue weighted by Gasteiger charge is 2.26. The molecule has 4 rings (SSSR count). The number of rotatable bonds is 5. The lowest BCUT2D eigenvalue weighted by Crippen LogP contribution is -2.27. The average Bonchev–Trinajstić information content (AvgIpc) is 3.33. The van der Waals surface area contributed by atoms with Gasteiger partial charge >= 0.3 is 0 Å². The Balaban J connectivity index is 1.56. The molecule has 2 aliphatic heterocycles. The second-order valence-electron chi connectivity index (χ2n) is 7.70. The van der Waals surface area contributed by atoms with Crippen LogP contribution in [0.2, 0.25) is 0 Å². The van der Waals surface area contributed by atoms with Gasteiger partial charge in [0.15, 0.2) is 0 Å². The number of amides is 2. The SMILES string of the molecule is CCC(=O)N1CCc2cc(S(=O)(=O)Nc3ccc(N4CCCC4=O)c(C)c3)ccc21. The molecule has 2 heterocycles. The lowest BCUT2D eigenvalue weighted by Gasteiger charge is -2.19. The molecular formula is C22H25N3O4S. The summed E-state index contributed by atoms with van der Waals surface area (Å²) in [6.07, 6.45) is 2.45. The minimum Gasteiger partial charge on any atom is -0.312 e. The molecule has 0 spiro atoms. The van der Waals surface area contributed by atoms with Gasteiger partial charge in [0, 0.05) is 43.0 Å². The Morgan fingerprint density at radius 1 is 1.07 bits per heavy atom. The Morgan fingerprint density at radius 2 is 1.83 bits per heavy atom. The third kappa shape index (κ3) is 3.67. The van der Waals surface area contributed by atoms with Crippen LogP contribution in [0.25, 0.3) is 0 Å². The van der Waals surface area contributed by atoms with Gasteiger partial charge < -0.3 is 9.80 Å². The largest absolute Gasteiger partial charge is 0.312 e. The molecule has 1 saturated heterocycles. The van der Waals surface area contributed by atoms with E-state index in [1.54, 1.807) is 40.1 Å². The van der Waals surface area contributed by atoms with Crippen molar-refractivity contribution in [3.05, 3.63) is 47.5 Å². The molecule has 2 aliphatic rings. The van der Waals surface area contributed by atoms with E-state index in [9.17, 15) is 18.0 Å². The van der Waals surface area contributed by atoms with E-state index in [1.165, 1.54) is 6.07 Å². The van der Waals surface area contributed by atoms with Crippen LogP contribution in [-0.4, -0.2) is 33.3 Å². The predicted octanol–water partition coefficient (Wildman–Crippen LogP) is 3.22. The first kappa shape index (κ1) is 20.4. The fourth-order valence-corrected chi connectivity index (χ4v) is 5.23. The van der Waals surface area contributed by atoms with Gasteiger partial charge in [0.05, 0.1) is 4.90 Å². The molecule has 0 aliphatic carbocycles. The monoisotopic (exact) mass is 427 g/mol. The molecule has 2 amide bonds. The molecule has 2 aromatic carbocycles. The average molecular weight is 428 g/mol. The van der Waals surface area contributed by atoms with Crippen molar-refractivity contribution in [3.8, 4) is 0 Å². The smallest absolute Gasteiger partial charge is 0.261 e. The van der Waals surface area contributed by atoms with Gasteiger partial charge in [-0.15, -0.1) is 0 Å². The maximum atomic E-state index is 12.9. The normalized spacial score (nSPS) is 16.1. The standard InChI is InChI=1S/C22H25N3O4S/c1-3-21(26)25-12-10-16-14-18(7-9-20(16)25)30(28,29)23-17-6-8-19(15(2)13-17)24-11-4-5-22(24)27/h6-9,13-14,23H,3-5,10-12H2,1-2H3. The van der Waals surface area contributed by atoms with Gasteiger partial charge in [-0.05, 0) is 67.3 Å². The Morgan fingerprint density at radius 3 is 2.50 bits per heavy atom. The van der Waals surface area contributed by atoms with Crippen LogP contribution >= 0.6 is 0 Å². The minimum atomic E-state index is -3.77. The van der Waals surface area contributed by atoms with Crippen LogP contribution in [0.4, 0.5) is 17.1 Å². The fourth-order valence-electron chi connectivity index (χ4n) is 4.13. The topological polar surface area (TPSA) is 86.8 Å². The van der Waals surface area contributed by atoms with Gasteiger partial charge in [-0.2, -0.15) is 0 Å². The first-order chi connectivity index (χ1) is 14.3. The molecule has 2 aromatic rings. The van der Waals surface area contributed by atoms with Gasteiger partial charge in [-0.1, -0.05) is 6.92 Å². The molecule has 0 saturated carbocycles. The molecule has 0 atom stereocenters. The number of carbonyl (C=O) groups is 2. The lowest BCUT2D eigenvalue weighted by molar-refractivity contribution is -0.118. The molecule has 1 fully saturated rings. The van der Waals surface area contributed by atoms with Crippen molar-refractivity contribution in [1.82, 2.24) is 0 Å². The van der Waals surface area contributed by atoms with Crippen molar-refractivity contribution in [1.29, 1.82) is 0 Å². The molecule has 8 heteroatoms. The maximum Gasteiger partial charge on any atom is 0.261 e. The van der Waals surface area contributed by atoms with Crippen molar-refractivity contribution >= 4 is 38.9 Å². The second kappa shape index (κ2) is 7.75. The predicted molar refractivity (Wildman–Crippen MR) is 116 cm³/mol. The highest BCUT2D eigenvalue weighted by atomic mass is 32.2. The summed E-state index contributed by atoms with van der Waals surface area (Å²) in [5, 5.41) is 0. The van der Waals surface area contributed by atoms with Gasteiger partial charge in [-0.25, -0.2) is 8.42 Å². The van der Waals surface area contributed by atoms with Gasteiger partial charge in [0.2, 0.25) is 11.8 Å². The maximum absolute atomic E-state index is 12.9. The molecule has 158 valence electrons. The van der Waals surface area contributed by atoms with E-state index in [0.717, 1.165) is 28.9 Å². The molecule has 1 N–H and O–H groups in total. The van der Waals surface area contributed by atoms with Crippen LogP contribution in [-0.2, 0) is 26.0 Å². The number of benzene rings is 2. The third-order valence-corrected chi connectivity index (χ3v) is 7.05. The molecule has 0 bridgehead atoms. The number of aryl methyl sites for hydroxylation is 1. The quantitative estimate of drug-likeness (QED) is 0.794. The van der Waals surface area contributed by atoms with Crippen LogP contribution in [0.1, 0.15) is 37.3 Å². The van der Waals surface area contributed by atoms with E-state index in [2.05, 4.69) is 4.72 Å².